The highest BCUT2D eigenvalue weighted by atomic mass is 79.9. The van der Waals surface area contributed by atoms with Gasteiger partial charge < -0.3 is 25.0 Å². The molecule has 0 aliphatic carbocycles. The van der Waals surface area contributed by atoms with Crippen LogP contribution in [0.15, 0.2) is 41.1 Å². The second-order valence-corrected chi connectivity index (χ2v) is 8.15. The van der Waals surface area contributed by atoms with Gasteiger partial charge in [-0.2, -0.15) is 0 Å². The Morgan fingerprint density at radius 1 is 1.14 bits per heavy atom. The summed E-state index contributed by atoms with van der Waals surface area (Å²) in [5, 5.41) is 6.00. The van der Waals surface area contributed by atoms with Crippen LogP contribution in [-0.2, 0) is 6.42 Å². The van der Waals surface area contributed by atoms with Gasteiger partial charge in [0, 0.05) is 54.7 Å². The van der Waals surface area contributed by atoms with Crippen molar-refractivity contribution >= 4 is 27.6 Å². The van der Waals surface area contributed by atoms with E-state index in [9.17, 15) is 4.79 Å². The molecule has 2 aromatic rings. The number of carbonyl (C=O) groups is 1. The van der Waals surface area contributed by atoms with Crippen LogP contribution in [-0.4, -0.2) is 54.8 Å². The van der Waals surface area contributed by atoms with E-state index in [4.69, 9.17) is 9.47 Å². The number of anilines is 1. The third kappa shape index (κ3) is 5.39. The summed E-state index contributed by atoms with van der Waals surface area (Å²) in [5.41, 5.74) is 1.98. The van der Waals surface area contributed by atoms with Crippen molar-refractivity contribution in [3.05, 3.63) is 46.7 Å². The average Bonchev–Trinajstić information content (AvgIpc) is 2.74. The molecular weight excluding hydrogens is 436 g/mol. The molecule has 1 saturated heterocycles. The van der Waals surface area contributed by atoms with E-state index < -0.39 is 0 Å². The number of aromatic nitrogens is 1. The largest absolute Gasteiger partial charge is 0.486 e. The molecule has 0 radical (unpaired) electrons. The fourth-order valence-corrected chi connectivity index (χ4v) is 4.06. The monoisotopic (exact) mass is 460 g/mol. The summed E-state index contributed by atoms with van der Waals surface area (Å²) >= 11 is 3.48. The maximum atomic E-state index is 12.5. The van der Waals surface area contributed by atoms with Crippen LogP contribution in [0, 0.1) is 0 Å². The number of pyridine rings is 1. The van der Waals surface area contributed by atoms with Gasteiger partial charge in [0.1, 0.15) is 13.2 Å². The zero-order valence-electron chi connectivity index (χ0n) is 16.2. The SMILES string of the molecule is O=C(Nc1cc2c(cc1Br)OCCO2)NC1CCN(CCc2ccncc2)CC1. The highest BCUT2D eigenvalue weighted by Crippen LogP contribution is 2.38. The summed E-state index contributed by atoms with van der Waals surface area (Å²) in [7, 11) is 0. The van der Waals surface area contributed by atoms with Gasteiger partial charge in [0.25, 0.3) is 0 Å². The Labute approximate surface area is 178 Å². The molecule has 2 aliphatic heterocycles. The van der Waals surface area contributed by atoms with Crippen molar-refractivity contribution in [2.75, 3.05) is 38.2 Å². The molecule has 0 atom stereocenters. The molecule has 0 saturated carbocycles. The summed E-state index contributed by atoms with van der Waals surface area (Å²) in [6, 6.07) is 7.73. The molecular formula is C21H25BrN4O3. The lowest BCUT2D eigenvalue weighted by Gasteiger charge is -2.32. The van der Waals surface area contributed by atoms with Crippen LogP contribution >= 0.6 is 15.9 Å². The summed E-state index contributed by atoms with van der Waals surface area (Å²) in [4.78, 5) is 19.0. The number of benzene rings is 1. The molecule has 1 fully saturated rings. The lowest BCUT2D eigenvalue weighted by molar-refractivity contribution is 0.171. The predicted molar refractivity (Wildman–Crippen MR) is 115 cm³/mol. The van der Waals surface area contributed by atoms with Gasteiger partial charge in [-0.05, 0) is 52.9 Å². The highest BCUT2D eigenvalue weighted by Gasteiger charge is 2.21. The molecule has 2 aliphatic rings. The summed E-state index contributed by atoms with van der Waals surface area (Å²) in [5.74, 6) is 1.34. The number of likely N-dealkylation sites (tertiary alicyclic amines) is 1. The Morgan fingerprint density at radius 3 is 2.55 bits per heavy atom. The van der Waals surface area contributed by atoms with E-state index in [1.165, 1.54) is 5.56 Å². The molecule has 1 aromatic heterocycles. The Balaban J connectivity index is 1.23. The second kappa shape index (κ2) is 9.45. The van der Waals surface area contributed by atoms with Crippen LogP contribution in [0.1, 0.15) is 18.4 Å². The first kappa shape index (κ1) is 20.0. The maximum absolute atomic E-state index is 12.5. The number of urea groups is 1. The number of nitrogens with one attached hydrogen (secondary N) is 2. The Hall–Kier alpha value is -2.32. The van der Waals surface area contributed by atoms with Crippen molar-refractivity contribution < 1.29 is 14.3 Å². The van der Waals surface area contributed by atoms with Crippen LogP contribution in [0.25, 0.3) is 0 Å². The van der Waals surface area contributed by atoms with Gasteiger partial charge in [0.05, 0.1) is 5.69 Å². The first-order valence-electron chi connectivity index (χ1n) is 9.95. The number of amides is 2. The van der Waals surface area contributed by atoms with Crippen molar-refractivity contribution in [2.24, 2.45) is 0 Å². The molecule has 3 heterocycles. The number of halogens is 1. The molecule has 0 bridgehead atoms. The van der Waals surface area contributed by atoms with Gasteiger partial charge in [0.2, 0.25) is 0 Å². The van der Waals surface area contributed by atoms with Gasteiger partial charge in [-0.25, -0.2) is 4.79 Å². The number of rotatable bonds is 5. The topological polar surface area (TPSA) is 75.7 Å². The molecule has 154 valence electrons. The first-order valence-corrected chi connectivity index (χ1v) is 10.7. The lowest BCUT2D eigenvalue weighted by atomic mass is 10.0. The van der Waals surface area contributed by atoms with Crippen LogP contribution in [0.3, 0.4) is 0 Å². The summed E-state index contributed by atoms with van der Waals surface area (Å²) in [6.07, 6.45) is 6.60. The van der Waals surface area contributed by atoms with Crippen LogP contribution < -0.4 is 20.1 Å². The highest BCUT2D eigenvalue weighted by molar-refractivity contribution is 9.10. The van der Waals surface area contributed by atoms with Crippen LogP contribution in [0.2, 0.25) is 0 Å². The summed E-state index contributed by atoms with van der Waals surface area (Å²) in [6.45, 7) is 4.06. The minimum absolute atomic E-state index is 0.183. The van der Waals surface area contributed by atoms with E-state index >= 15 is 0 Å². The minimum Gasteiger partial charge on any atom is -0.486 e. The van der Waals surface area contributed by atoms with E-state index in [1.807, 2.05) is 18.5 Å². The van der Waals surface area contributed by atoms with E-state index in [-0.39, 0.29) is 12.1 Å². The zero-order valence-corrected chi connectivity index (χ0v) is 17.8. The molecule has 2 N–H and O–H groups in total. The lowest BCUT2D eigenvalue weighted by Crippen LogP contribution is -2.46. The molecule has 0 unspecified atom stereocenters. The molecule has 8 heteroatoms. The van der Waals surface area contributed by atoms with Crippen molar-refractivity contribution in [1.29, 1.82) is 0 Å². The quantitative estimate of drug-likeness (QED) is 0.714. The number of ether oxygens (including phenoxy) is 2. The Bertz CT molecular complexity index is 841. The molecule has 29 heavy (non-hydrogen) atoms. The standard InChI is InChI=1S/C21H25BrN4O3/c22-17-13-19-20(29-12-11-28-19)14-18(17)25-21(27)24-16-4-9-26(10-5-16)8-3-15-1-6-23-7-2-15/h1-2,6-7,13-14,16H,3-5,8-12H2,(H2,24,25,27). The first-order chi connectivity index (χ1) is 14.2. The molecule has 0 spiro atoms. The Morgan fingerprint density at radius 2 is 1.83 bits per heavy atom. The van der Waals surface area contributed by atoms with Crippen molar-refractivity contribution in [3.8, 4) is 11.5 Å². The zero-order chi connectivity index (χ0) is 20.1. The van der Waals surface area contributed by atoms with Gasteiger partial charge in [-0.3, -0.25) is 4.98 Å². The fourth-order valence-electron chi connectivity index (χ4n) is 3.64. The van der Waals surface area contributed by atoms with Crippen molar-refractivity contribution in [1.82, 2.24) is 15.2 Å². The number of fused-ring (bicyclic) bond motifs is 1. The smallest absolute Gasteiger partial charge is 0.319 e. The molecule has 7 nitrogen and oxygen atoms in total. The van der Waals surface area contributed by atoms with Gasteiger partial charge >= 0.3 is 6.03 Å². The Kier molecular flexibility index (Phi) is 6.51. The average molecular weight is 461 g/mol. The van der Waals surface area contributed by atoms with Gasteiger partial charge in [-0.1, -0.05) is 0 Å². The predicted octanol–water partition coefficient (Wildman–Crippen LogP) is 3.44. The summed E-state index contributed by atoms with van der Waals surface area (Å²) < 4.78 is 11.9. The molecule has 2 amide bonds. The van der Waals surface area contributed by atoms with E-state index in [2.05, 4.69) is 48.6 Å². The van der Waals surface area contributed by atoms with Crippen LogP contribution in [0.4, 0.5) is 10.5 Å². The second-order valence-electron chi connectivity index (χ2n) is 7.30. The van der Waals surface area contributed by atoms with Gasteiger partial charge in [0.15, 0.2) is 11.5 Å². The number of hydrogen-bond donors (Lipinski definition) is 2. The molecule has 4 rings (SSSR count). The number of piperidine rings is 1. The van der Waals surface area contributed by atoms with E-state index in [0.29, 0.717) is 30.4 Å². The molecule has 1 aromatic carbocycles. The number of nitrogens with zero attached hydrogens (tertiary/aromatic N) is 2. The third-order valence-electron chi connectivity index (χ3n) is 5.27. The minimum atomic E-state index is -0.197. The van der Waals surface area contributed by atoms with E-state index in [1.54, 1.807) is 6.07 Å². The van der Waals surface area contributed by atoms with Crippen molar-refractivity contribution in [2.45, 2.75) is 25.3 Å². The normalized spacial score (nSPS) is 17.0. The third-order valence-corrected chi connectivity index (χ3v) is 5.93. The maximum Gasteiger partial charge on any atom is 0.319 e. The number of hydrogen-bond acceptors (Lipinski definition) is 5. The van der Waals surface area contributed by atoms with Crippen molar-refractivity contribution in [3.63, 3.8) is 0 Å². The van der Waals surface area contributed by atoms with E-state index in [0.717, 1.165) is 43.4 Å². The number of carbonyl (C=O) groups excluding carboxylic acids is 1. The van der Waals surface area contributed by atoms with Crippen LogP contribution in [0.5, 0.6) is 11.5 Å². The fraction of sp³-hybridized carbons (Fsp3) is 0.429. The van der Waals surface area contributed by atoms with Gasteiger partial charge in [-0.15, -0.1) is 0 Å².